The molecule has 150 valence electrons. The molecule has 4 rings (SSSR count). The van der Waals surface area contributed by atoms with Crippen LogP contribution in [-0.2, 0) is 11.3 Å². The third-order valence-electron chi connectivity index (χ3n) is 4.52. The van der Waals surface area contributed by atoms with Gasteiger partial charge in [0.1, 0.15) is 12.1 Å². The first-order valence-corrected chi connectivity index (χ1v) is 8.99. The Kier molecular flexibility index (Phi) is 4.80. The van der Waals surface area contributed by atoms with Gasteiger partial charge in [-0.15, -0.1) is 0 Å². The smallest absolute Gasteiger partial charge is 0.293 e. The SMILES string of the molecule is Cc1nn(CC(=O)Nc2ccc([N+](=O)[O-])cc2)c(=O)c2c1cnn2-c1ccccc1. The molecule has 0 bridgehead atoms. The predicted octanol–water partition coefficient (Wildman–Crippen LogP) is 2.44. The predicted molar refractivity (Wildman–Crippen MR) is 110 cm³/mol. The Bertz CT molecular complexity index is 1310. The summed E-state index contributed by atoms with van der Waals surface area (Å²) in [6.45, 7) is 1.43. The number of non-ortho nitro benzene ring substituents is 1. The lowest BCUT2D eigenvalue weighted by Crippen LogP contribution is -2.31. The van der Waals surface area contributed by atoms with Crippen LogP contribution < -0.4 is 10.9 Å². The van der Waals surface area contributed by atoms with Crippen molar-refractivity contribution in [3.05, 3.63) is 87.0 Å². The topological polar surface area (TPSA) is 125 Å². The average molecular weight is 404 g/mol. The molecule has 0 aliphatic carbocycles. The van der Waals surface area contributed by atoms with Gasteiger partial charge in [0.15, 0.2) is 0 Å². The number of hydrogen-bond acceptors (Lipinski definition) is 6. The lowest BCUT2D eigenvalue weighted by Gasteiger charge is -2.09. The van der Waals surface area contributed by atoms with Crippen molar-refractivity contribution in [2.75, 3.05) is 5.32 Å². The van der Waals surface area contributed by atoms with Gasteiger partial charge >= 0.3 is 0 Å². The van der Waals surface area contributed by atoms with Gasteiger partial charge in [-0.1, -0.05) is 18.2 Å². The fourth-order valence-corrected chi connectivity index (χ4v) is 3.10. The maximum Gasteiger partial charge on any atom is 0.293 e. The molecule has 30 heavy (non-hydrogen) atoms. The molecule has 0 fully saturated rings. The fourth-order valence-electron chi connectivity index (χ4n) is 3.10. The van der Waals surface area contributed by atoms with Crippen molar-refractivity contribution in [1.29, 1.82) is 0 Å². The van der Waals surface area contributed by atoms with Gasteiger partial charge in [0.2, 0.25) is 5.91 Å². The highest BCUT2D eigenvalue weighted by Crippen LogP contribution is 2.17. The van der Waals surface area contributed by atoms with Crippen molar-refractivity contribution in [3.63, 3.8) is 0 Å². The molecule has 4 aromatic rings. The van der Waals surface area contributed by atoms with Crippen LogP contribution in [0.15, 0.2) is 65.6 Å². The van der Waals surface area contributed by atoms with E-state index in [2.05, 4.69) is 15.5 Å². The minimum atomic E-state index is -0.525. The number of fused-ring (bicyclic) bond motifs is 1. The van der Waals surface area contributed by atoms with Crippen LogP contribution in [0.4, 0.5) is 11.4 Å². The van der Waals surface area contributed by atoms with Crippen molar-refractivity contribution in [2.45, 2.75) is 13.5 Å². The van der Waals surface area contributed by atoms with Crippen LogP contribution in [0.1, 0.15) is 5.69 Å². The summed E-state index contributed by atoms with van der Waals surface area (Å²) >= 11 is 0. The van der Waals surface area contributed by atoms with Gasteiger partial charge in [0.25, 0.3) is 11.2 Å². The van der Waals surface area contributed by atoms with E-state index in [9.17, 15) is 19.7 Å². The average Bonchev–Trinajstić information content (AvgIpc) is 3.19. The zero-order valence-electron chi connectivity index (χ0n) is 15.8. The van der Waals surface area contributed by atoms with Crippen molar-refractivity contribution in [1.82, 2.24) is 19.6 Å². The molecule has 0 aliphatic heterocycles. The number of hydrogen-bond donors (Lipinski definition) is 1. The Morgan fingerprint density at radius 1 is 1.13 bits per heavy atom. The second-order valence-corrected chi connectivity index (χ2v) is 6.55. The molecule has 0 aliphatic rings. The molecule has 0 atom stereocenters. The summed E-state index contributed by atoms with van der Waals surface area (Å²) < 4.78 is 2.61. The number of benzene rings is 2. The number of aromatic nitrogens is 4. The lowest BCUT2D eigenvalue weighted by atomic mass is 10.2. The maximum atomic E-state index is 13.0. The van der Waals surface area contributed by atoms with E-state index in [0.29, 0.717) is 22.3 Å². The Balaban J connectivity index is 1.64. The van der Waals surface area contributed by atoms with Gasteiger partial charge in [-0.25, -0.2) is 9.36 Å². The molecule has 2 aromatic carbocycles. The van der Waals surface area contributed by atoms with E-state index in [1.54, 1.807) is 13.1 Å². The Labute approximate surface area is 169 Å². The normalized spacial score (nSPS) is 10.8. The Hall–Kier alpha value is -4.34. The molecule has 0 saturated heterocycles. The Morgan fingerprint density at radius 2 is 1.83 bits per heavy atom. The van der Waals surface area contributed by atoms with E-state index >= 15 is 0 Å². The van der Waals surface area contributed by atoms with E-state index in [1.807, 2.05) is 30.3 Å². The molecule has 0 radical (unpaired) electrons. The van der Waals surface area contributed by atoms with Gasteiger partial charge in [0, 0.05) is 23.2 Å². The summed E-state index contributed by atoms with van der Waals surface area (Å²) in [6.07, 6.45) is 1.58. The zero-order valence-corrected chi connectivity index (χ0v) is 15.8. The Morgan fingerprint density at radius 3 is 2.50 bits per heavy atom. The first kappa shape index (κ1) is 19.0. The zero-order chi connectivity index (χ0) is 21.3. The molecule has 1 amide bonds. The number of nitrogens with one attached hydrogen (secondary N) is 1. The highest BCUT2D eigenvalue weighted by molar-refractivity contribution is 5.91. The highest BCUT2D eigenvalue weighted by Gasteiger charge is 2.16. The van der Waals surface area contributed by atoms with Crippen LogP contribution in [0.25, 0.3) is 16.6 Å². The van der Waals surface area contributed by atoms with Crippen molar-refractivity contribution in [2.24, 2.45) is 0 Å². The number of carbonyl (C=O) groups excluding carboxylic acids is 1. The van der Waals surface area contributed by atoms with Crippen molar-refractivity contribution in [3.8, 4) is 5.69 Å². The lowest BCUT2D eigenvalue weighted by molar-refractivity contribution is -0.384. The summed E-state index contributed by atoms with van der Waals surface area (Å²) in [5, 5.41) is 22.5. The summed E-state index contributed by atoms with van der Waals surface area (Å²) in [5.41, 5.74) is 1.46. The quantitative estimate of drug-likeness (QED) is 0.402. The number of para-hydroxylation sites is 1. The number of nitro benzene ring substituents is 1. The van der Waals surface area contributed by atoms with Crippen LogP contribution >= 0.6 is 0 Å². The number of nitrogens with zero attached hydrogens (tertiary/aromatic N) is 5. The third kappa shape index (κ3) is 3.53. The molecule has 1 N–H and O–H groups in total. The van der Waals surface area contributed by atoms with Gasteiger partial charge in [-0.2, -0.15) is 10.2 Å². The minimum Gasteiger partial charge on any atom is -0.324 e. The standard InChI is InChI=1S/C20H16N6O4/c1-13-17-11-21-25(15-5-3-2-4-6-15)19(17)20(28)24(23-13)12-18(27)22-14-7-9-16(10-8-14)26(29)30/h2-11H,12H2,1H3,(H,22,27). The largest absolute Gasteiger partial charge is 0.324 e. The monoisotopic (exact) mass is 404 g/mol. The number of nitro groups is 1. The van der Waals surface area contributed by atoms with Crippen LogP contribution in [-0.4, -0.2) is 30.4 Å². The highest BCUT2D eigenvalue weighted by atomic mass is 16.6. The van der Waals surface area contributed by atoms with Gasteiger partial charge < -0.3 is 5.32 Å². The minimum absolute atomic E-state index is 0.0823. The summed E-state index contributed by atoms with van der Waals surface area (Å²) in [6, 6.07) is 14.6. The molecule has 0 spiro atoms. The summed E-state index contributed by atoms with van der Waals surface area (Å²) in [7, 11) is 0. The molecular weight excluding hydrogens is 388 g/mol. The van der Waals surface area contributed by atoms with Crippen LogP contribution in [0.2, 0.25) is 0 Å². The molecule has 0 unspecified atom stereocenters. The molecule has 10 heteroatoms. The number of anilines is 1. The first-order chi connectivity index (χ1) is 14.4. The summed E-state index contributed by atoms with van der Waals surface area (Å²) in [4.78, 5) is 35.7. The first-order valence-electron chi connectivity index (χ1n) is 8.99. The molecular formula is C20H16N6O4. The molecule has 10 nitrogen and oxygen atoms in total. The van der Waals surface area contributed by atoms with E-state index in [0.717, 1.165) is 10.4 Å². The molecule has 2 aromatic heterocycles. The maximum absolute atomic E-state index is 13.0. The van der Waals surface area contributed by atoms with E-state index in [1.165, 1.54) is 28.9 Å². The number of carbonyl (C=O) groups is 1. The fraction of sp³-hybridized carbons (Fsp3) is 0.100. The molecule has 2 heterocycles. The van der Waals surface area contributed by atoms with E-state index in [4.69, 9.17) is 0 Å². The van der Waals surface area contributed by atoms with Gasteiger partial charge in [-0.05, 0) is 31.2 Å². The van der Waals surface area contributed by atoms with Crippen LogP contribution in [0.5, 0.6) is 0 Å². The van der Waals surface area contributed by atoms with E-state index in [-0.39, 0.29) is 12.2 Å². The van der Waals surface area contributed by atoms with E-state index < -0.39 is 16.4 Å². The number of aryl methyl sites for hydroxylation is 1. The van der Waals surface area contributed by atoms with Gasteiger partial charge in [0.05, 0.1) is 22.5 Å². The number of amides is 1. The second kappa shape index (κ2) is 7.59. The van der Waals surface area contributed by atoms with Gasteiger partial charge in [-0.3, -0.25) is 19.7 Å². The van der Waals surface area contributed by atoms with Crippen LogP contribution in [0, 0.1) is 17.0 Å². The second-order valence-electron chi connectivity index (χ2n) is 6.55. The third-order valence-corrected chi connectivity index (χ3v) is 4.52. The van der Waals surface area contributed by atoms with Crippen LogP contribution in [0.3, 0.4) is 0 Å². The van der Waals surface area contributed by atoms with Crippen molar-refractivity contribution < 1.29 is 9.72 Å². The van der Waals surface area contributed by atoms with Crippen molar-refractivity contribution >= 4 is 28.2 Å². The number of rotatable bonds is 5. The summed E-state index contributed by atoms with van der Waals surface area (Å²) in [5.74, 6) is -0.483. The molecule has 0 saturated carbocycles.